The van der Waals surface area contributed by atoms with E-state index in [2.05, 4.69) is 10.1 Å². The zero-order valence-electron chi connectivity index (χ0n) is 13.7. The Kier molecular flexibility index (Phi) is 5.04. The molecule has 0 aliphatic carbocycles. The molecule has 1 atom stereocenters. The Morgan fingerprint density at radius 2 is 1.93 bits per heavy atom. The lowest BCUT2D eigenvalue weighted by Crippen LogP contribution is -2.23. The molecule has 3 aromatic rings. The number of hydrogen-bond donors (Lipinski definition) is 1. The third-order valence-corrected chi connectivity index (χ3v) is 3.76. The van der Waals surface area contributed by atoms with E-state index in [1.807, 2.05) is 0 Å². The summed E-state index contributed by atoms with van der Waals surface area (Å²) in [5, 5.41) is 13.0. The molecule has 0 radical (unpaired) electrons. The molecule has 1 N–H and O–H groups in total. The van der Waals surface area contributed by atoms with Crippen molar-refractivity contribution in [2.45, 2.75) is 13.0 Å². The van der Waals surface area contributed by atoms with Crippen molar-refractivity contribution in [3.63, 3.8) is 0 Å². The van der Waals surface area contributed by atoms with Gasteiger partial charge in [-0.25, -0.2) is 22.6 Å². The monoisotopic (exact) mass is 397 g/mol. The van der Waals surface area contributed by atoms with E-state index in [1.54, 1.807) is 0 Å². The lowest BCUT2D eigenvalue weighted by atomic mass is 10.2. The van der Waals surface area contributed by atoms with Crippen LogP contribution in [0, 0.1) is 17.5 Å². The van der Waals surface area contributed by atoms with E-state index in [1.165, 1.54) is 19.1 Å². The number of carbonyl (C=O) groups is 1. The van der Waals surface area contributed by atoms with Crippen molar-refractivity contribution in [1.29, 1.82) is 0 Å². The van der Waals surface area contributed by atoms with E-state index in [0.717, 1.165) is 22.9 Å². The minimum absolute atomic E-state index is 0.0894. The predicted molar refractivity (Wildman–Crippen MR) is 89.4 cm³/mol. The van der Waals surface area contributed by atoms with Crippen LogP contribution in [0.1, 0.15) is 6.92 Å². The zero-order chi connectivity index (χ0) is 19.7. The molecule has 0 aliphatic rings. The van der Waals surface area contributed by atoms with Gasteiger partial charge in [-0.1, -0.05) is 11.6 Å². The molecule has 3 rings (SSSR count). The number of nitrogens with zero attached hydrogens (tertiary/aromatic N) is 3. The number of aliphatic carboxylic acids is 1. The molecule has 1 unspecified atom stereocenters. The van der Waals surface area contributed by atoms with Crippen molar-refractivity contribution in [3.8, 4) is 23.1 Å². The number of aromatic nitrogens is 3. The second-order valence-corrected chi connectivity index (χ2v) is 5.88. The quantitative estimate of drug-likeness (QED) is 0.707. The van der Waals surface area contributed by atoms with Gasteiger partial charge in [-0.2, -0.15) is 4.98 Å². The zero-order valence-corrected chi connectivity index (χ0v) is 14.4. The van der Waals surface area contributed by atoms with Gasteiger partial charge in [0.1, 0.15) is 17.3 Å². The Hall–Kier alpha value is -3.07. The Morgan fingerprint density at radius 1 is 1.19 bits per heavy atom. The van der Waals surface area contributed by atoms with Crippen molar-refractivity contribution in [2.24, 2.45) is 0 Å². The molecule has 6 nitrogen and oxygen atoms in total. The fraction of sp³-hybridized carbons (Fsp3) is 0.118. The molecule has 2 aromatic carbocycles. The van der Waals surface area contributed by atoms with Gasteiger partial charge in [-0.3, -0.25) is 0 Å². The van der Waals surface area contributed by atoms with Crippen LogP contribution in [0.2, 0.25) is 5.02 Å². The summed E-state index contributed by atoms with van der Waals surface area (Å²) in [5.41, 5.74) is -0.320. The van der Waals surface area contributed by atoms with Gasteiger partial charge in [0.15, 0.2) is 17.7 Å². The van der Waals surface area contributed by atoms with Crippen LogP contribution in [-0.2, 0) is 4.79 Å². The molecule has 0 fully saturated rings. The van der Waals surface area contributed by atoms with Gasteiger partial charge in [0, 0.05) is 11.1 Å². The van der Waals surface area contributed by atoms with Crippen LogP contribution in [0.15, 0.2) is 36.4 Å². The second kappa shape index (κ2) is 7.28. The molecule has 0 aliphatic heterocycles. The molecule has 0 spiro atoms. The van der Waals surface area contributed by atoms with E-state index in [4.69, 9.17) is 21.4 Å². The summed E-state index contributed by atoms with van der Waals surface area (Å²) in [6.45, 7) is 1.24. The maximum Gasteiger partial charge on any atom is 0.344 e. The molecule has 27 heavy (non-hydrogen) atoms. The minimum Gasteiger partial charge on any atom is -0.479 e. The number of hydrogen-bond acceptors (Lipinski definition) is 4. The summed E-state index contributed by atoms with van der Waals surface area (Å²) in [7, 11) is 0. The number of ether oxygens (including phenoxy) is 1. The van der Waals surface area contributed by atoms with Crippen LogP contribution in [0.3, 0.4) is 0 Å². The maximum absolute atomic E-state index is 14.3. The van der Waals surface area contributed by atoms with E-state index in [0.29, 0.717) is 6.07 Å². The summed E-state index contributed by atoms with van der Waals surface area (Å²) in [5.74, 6) is -4.02. The van der Waals surface area contributed by atoms with E-state index >= 15 is 0 Å². The first-order valence-electron chi connectivity index (χ1n) is 7.53. The molecular formula is C17H11ClF3N3O3. The number of benzene rings is 2. The third-order valence-electron chi connectivity index (χ3n) is 3.53. The lowest BCUT2D eigenvalue weighted by molar-refractivity contribution is -0.144. The first kappa shape index (κ1) is 18.7. The van der Waals surface area contributed by atoms with Gasteiger partial charge in [0.05, 0.1) is 5.56 Å². The molecule has 0 saturated heterocycles. The van der Waals surface area contributed by atoms with Crippen molar-refractivity contribution in [1.82, 2.24) is 14.8 Å². The summed E-state index contributed by atoms with van der Waals surface area (Å²) in [4.78, 5) is 14.9. The van der Waals surface area contributed by atoms with Gasteiger partial charge < -0.3 is 9.84 Å². The molecule has 0 saturated carbocycles. The number of carboxylic acids is 1. The number of carboxylic acid groups (broad SMARTS) is 1. The predicted octanol–water partition coefficient (Wildman–Crippen LogP) is 3.86. The van der Waals surface area contributed by atoms with Crippen LogP contribution >= 0.6 is 11.6 Å². The first-order chi connectivity index (χ1) is 12.8. The van der Waals surface area contributed by atoms with E-state index in [9.17, 15) is 18.0 Å². The highest BCUT2D eigenvalue weighted by Crippen LogP contribution is 2.29. The largest absolute Gasteiger partial charge is 0.479 e. The van der Waals surface area contributed by atoms with Crippen LogP contribution in [0.25, 0.3) is 17.1 Å². The number of halogens is 4. The molecule has 0 amide bonds. The lowest BCUT2D eigenvalue weighted by Gasteiger charge is -2.08. The highest BCUT2D eigenvalue weighted by atomic mass is 35.5. The fourth-order valence-electron chi connectivity index (χ4n) is 2.22. The summed E-state index contributed by atoms with van der Waals surface area (Å²) in [6, 6.07) is 5.99. The SMILES string of the molecule is CC(Oc1nc(-c2ccc(Cl)cc2F)n(-c2ccc(F)cc2F)n1)C(=O)O. The Morgan fingerprint density at radius 3 is 2.56 bits per heavy atom. The summed E-state index contributed by atoms with van der Waals surface area (Å²) >= 11 is 5.74. The van der Waals surface area contributed by atoms with E-state index in [-0.39, 0.29) is 22.1 Å². The first-order valence-corrected chi connectivity index (χ1v) is 7.91. The molecule has 140 valence electrons. The van der Waals surface area contributed by atoms with Gasteiger partial charge in [-0.05, 0) is 37.3 Å². The summed E-state index contributed by atoms with van der Waals surface area (Å²) in [6.07, 6.45) is -1.30. The van der Waals surface area contributed by atoms with Gasteiger partial charge in [0.2, 0.25) is 0 Å². The van der Waals surface area contributed by atoms with Crippen molar-refractivity contribution >= 4 is 17.6 Å². The normalized spacial score (nSPS) is 12.0. The molecule has 1 aromatic heterocycles. The average Bonchev–Trinajstić information content (AvgIpc) is 2.97. The highest BCUT2D eigenvalue weighted by Gasteiger charge is 2.23. The van der Waals surface area contributed by atoms with Crippen molar-refractivity contribution in [2.75, 3.05) is 0 Å². The molecule has 10 heteroatoms. The van der Waals surface area contributed by atoms with Crippen LogP contribution < -0.4 is 4.74 Å². The number of rotatable bonds is 5. The minimum atomic E-state index is -1.30. The van der Waals surface area contributed by atoms with E-state index < -0.39 is 35.5 Å². The fourth-order valence-corrected chi connectivity index (χ4v) is 2.38. The van der Waals surface area contributed by atoms with Crippen LogP contribution in [0.5, 0.6) is 6.01 Å². The van der Waals surface area contributed by atoms with Gasteiger partial charge in [0.25, 0.3) is 0 Å². The molecule has 1 heterocycles. The maximum atomic E-state index is 14.3. The second-order valence-electron chi connectivity index (χ2n) is 5.45. The smallest absolute Gasteiger partial charge is 0.344 e. The van der Waals surface area contributed by atoms with Gasteiger partial charge >= 0.3 is 12.0 Å². The Balaban J connectivity index is 2.17. The molecular weight excluding hydrogens is 387 g/mol. The highest BCUT2D eigenvalue weighted by molar-refractivity contribution is 6.30. The Labute approximate surface area is 155 Å². The third kappa shape index (κ3) is 3.87. The van der Waals surface area contributed by atoms with Crippen molar-refractivity contribution in [3.05, 3.63) is 58.9 Å². The Bertz CT molecular complexity index is 957. The van der Waals surface area contributed by atoms with Crippen LogP contribution in [0.4, 0.5) is 13.2 Å². The molecule has 0 bridgehead atoms. The standard InChI is InChI=1S/C17H11ClF3N3O3/c1-8(16(25)26)27-17-22-15(11-4-2-9(18)6-12(11)20)24(23-17)14-5-3-10(19)7-13(14)21/h2-8H,1H3,(H,25,26). The average molecular weight is 398 g/mol. The van der Waals surface area contributed by atoms with Crippen molar-refractivity contribution < 1.29 is 27.8 Å². The summed E-state index contributed by atoms with van der Waals surface area (Å²) < 4.78 is 47.7. The van der Waals surface area contributed by atoms with Crippen LogP contribution in [-0.4, -0.2) is 31.9 Å². The van der Waals surface area contributed by atoms with Gasteiger partial charge in [-0.15, -0.1) is 5.10 Å². The topological polar surface area (TPSA) is 77.2 Å².